The van der Waals surface area contributed by atoms with E-state index in [0.717, 1.165) is 52.0 Å². The number of para-hydroxylation sites is 1. The summed E-state index contributed by atoms with van der Waals surface area (Å²) in [6.07, 6.45) is 8.81. The van der Waals surface area contributed by atoms with Crippen LogP contribution in [-0.2, 0) is 17.9 Å². The van der Waals surface area contributed by atoms with Gasteiger partial charge >= 0.3 is 0 Å². The van der Waals surface area contributed by atoms with Gasteiger partial charge in [0.2, 0.25) is 5.91 Å². The Morgan fingerprint density at radius 1 is 1.13 bits per heavy atom. The van der Waals surface area contributed by atoms with Gasteiger partial charge in [-0.05, 0) is 83.3 Å². The van der Waals surface area contributed by atoms with Crippen LogP contribution in [0.15, 0.2) is 30.5 Å². The summed E-state index contributed by atoms with van der Waals surface area (Å²) in [5.74, 6) is 0.987. The van der Waals surface area contributed by atoms with E-state index >= 15 is 0 Å². The Bertz CT molecular complexity index is 867. The van der Waals surface area contributed by atoms with Gasteiger partial charge in [0.25, 0.3) is 0 Å². The Morgan fingerprint density at radius 2 is 1.90 bits per heavy atom. The number of likely N-dealkylation sites (tertiary alicyclic amines) is 2. The molecular formula is C26H40N4O. The minimum atomic E-state index is 0.345. The molecule has 0 radical (unpaired) electrons. The summed E-state index contributed by atoms with van der Waals surface area (Å²) in [7, 11) is 4.20. The van der Waals surface area contributed by atoms with Crippen molar-refractivity contribution in [3.63, 3.8) is 0 Å². The van der Waals surface area contributed by atoms with Crippen LogP contribution >= 0.6 is 0 Å². The van der Waals surface area contributed by atoms with Crippen LogP contribution in [-0.4, -0.2) is 71.5 Å². The minimum Gasteiger partial charge on any atom is -0.347 e. The van der Waals surface area contributed by atoms with E-state index in [1.807, 2.05) is 11.9 Å². The fourth-order valence-corrected chi connectivity index (χ4v) is 5.57. The number of fused-ring (bicyclic) bond motifs is 1. The molecule has 5 nitrogen and oxygen atoms in total. The van der Waals surface area contributed by atoms with E-state index in [1.165, 1.54) is 35.9 Å². The average molecular weight is 425 g/mol. The molecule has 2 saturated heterocycles. The normalized spacial score (nSPS) is 21.6. The average Bonchev–Trinajstić information content (AvgIpc) is 3.15. The lowest BCUT2D eigenvalue weighted by atomic mass is 9.92. The topological polar surface area (TPSA) is 31.7 Å². The number of rotatable bonds is 7. The predicted octanol–water partition coefficient (Wildman–Crippen LogP) is 4.21. The van der Waals surface area contributed by atoms with Crippen LogP contribution in [0.4, 0.5) is 0 Å². The molecule has 0 saturated carbocycles. The zero-order valence-electron chi connectivity index (χ0n) is 19.7. The number of nitrogens with zero attached hydrogens (tertiary/aromatic N) is 4. The van der Waals surface area contributed by atoms with Crippen molar-refractivity contribution in [1.29, 1.82) is 0 Å². The summed E-state index contributed by atoms with van der Waals surface area (Å²) in [6.45, 7) is 8.75. The van der Waals surface area contributed by atoms with Crippen molar-refractivity contribution in [2.75, 3.05) is 40.3 Å². The summed E-state index contributed by atoms with van der Waals surface area (Å²) in [5.41, 5.74) is 2.78. The van der Waals surface area contributed by atoms with Crippen molar-refractivity contribution in [2.24, 2.45) is 5.92 Å². The van der Waals surface area contributed by atoms with E-state index in [-0.39, 0.29) is 0 Å². The molecule has 1 amide bonds. The minimum absolute atomic E-state index is 0.345. The zero-order valence-corrected chi connectivity index (χ0v) is 19.7. The van der Waals surface area contributed by atoms with Crippen molar-refractivity contribution < 1.29 is 4.79 Å². The first kappa shape index (κ1) is 22.3. The lowest BCUT2D eigenvalue weighted by molar-refractivity contribution is -0.133. The number of hydrogen-bond donors (Lipinski definition) is 0. The molecule has 2 aliphatic rings. The molecule has 0 N–H and O–H groups in total. The Hall–Kier alpha value is -1.85. The van der Waals surface area contributed by atoms with Gasteiger partial charge in [-0.3, -0.25) is 9.69 Å². The summed E-state index contributed by atoms with van der Waals surface area (Å²) in [6, 6.07) is 9.21. The number of hydrogen-bond acceptors (Lipinski definition) is 3. The van der Waals surface area contributed by atoms with E-state index < -0.39 is 0 Å². The van der Waals surface area contributed by atoms with Gasteiger partial charge in [0.05, 0.1) is 0 Å². The molecule has 0 aliphatic carbocycles. The second kappa shape index (κ2) is 10.2. The fourth-order valence-electron chi connectivity index (χ4n) is 5.57. The van der Waals surface area contributed by atoms with Crippen molar-refractivity contribution in [3.8, 4) is 0 Å². The van der Waals surface area contributed by atoms with Crippen LogP contribution in [0.25, 0.3) is 10.9 Å². The number of benzene rings is 1. The van der Waals surface area contributed by atoms with E-state index in [4.69, 9.17) is 0 Å². The molecule has 1 atom stereocenters. The summed E-state index contributed by atoms with van der Waals surface area (Å²) < 4.78 is 2.36. The number of carbonyl (C=O) groups is 1. The van der Waals surface area contributed by atoms with E-state index in [9.17, 15) is 4.79 Å². The van der Waals surface area contributed by atoms with Crippen molar-refractivity contribution in [2.45, 2.75) is 64.6 Å². The number of aryl methyl sites for hydroxylation is 1. The van der Waals surface area contributed by atoms with E-state index in [1.54, 1.807) is 0 Å². The molecule has 170 valence electrons. The molecule has 31 heavy (non-hydrogen) atoms. The van der Waals surface area contributed by atoms with Crippen molar-refractivity contribution in [3.05, 3.63) is 36.0 Å². The molecule has 3 heterocycles. The second-order valence-corrected chi connectivity index (χ2v) is 9.78. The molecule has 4 rings (SSSR count). The maximum Gasteiger partial charge on any atom is 0.222 e. The number of piperidine rings is 2. The molecule has 2 fully saturated rings. The van der Waals surface area contributed by atoms with E-state index in [0.29, 0.717) is 24.3 Å². The highest BCUT2D eigenvalue weighted by Gasteiger charge is 2.26. The smallest absolute Gasteiger partial charge is 0.222 e. The lowest BCUT2D eigenvalue weighted by Gasteiger charge is -2.36. The molecule has 1 aromatic heterocycles. The van der Waals surface area contributed by atoms with Gasteiger partial charge < -0.3 is 14.4 Å². The van der Waals surface area contributed by atoms with Gasteiger partial charge in [-0.2, -0.15) is 0 Å². The Labute approximate surface area is 188 Å². The van der Waals surface area contributed by atoms with Gasteiger partial charge in [0.15, 0.2) is 0 Å². The first-order chi connectivity index (χ1) is 15.0. The number of aromatic nitrogens is 1. The highest BCUT2D eigenvalue weighted by molar-refractivity contribution is 5.84. The summed E-state index contributed by atoms with van der Waals surface area (Å²) >= 11 is 0. The standard InChI is InChI=1S/C26H40N4O/c1-4-30-20-22(24-9-5-6-10-25(24)30)19-29-15-7-8-21(18-29)11-12-26(31)28(3)23-13-16-27(2)17-14-23/h5-6,9-10,20-21,23H,4,7-8,11-19H2,1-3H3/t21-/m0/s1. The molecule has 0 unspecified atom stereocenters. The highest BCUT2D eigenvalue weighted by Crippen LogP contribution is 2.27. The SMILES string of the molecule is CCn1cc(CN2CCC[C@@H](CCC(=O)N(C)C3CCN(C)CC3)C2)c2ccccc21. The molecule has 0 bridgehead atoms. The quantitative estimate of drug-likeness (QED) is 0.667. The van der Waals surface area contributed by atoms with Gasteiger partial charge in [0, 0.05) is 56.2 Å². The van der Waals surface area contributed by atoms with Crippen LogP contribution in [0, 0.1) is 5.92 Å². The van der Waals surface area contributed by atoms with Crippen LogP contribution in [0.2, 0.25) is 0 Å². The second-order valence-electron chi connectivity index (χ2n) is 9.78. The van der Waals surface area contributed by atoms with Crippen LogP contribution < -0.4 is 0 Å². The van der Waals surface area contributed by atoms with Crippen LogP contribution in [0.3, 0.4) is 0 Å². The molecule has 2 aromatic rings. The first-order valence-corrected chi connectivity index (χ1v) is 12.3. The van der Waals surface area contributed by atoms with Crippen molar-refractivity contribution in [1.82, 2.24) is 19.3 Å². The van der Waals surface area contributed by atoms with Crippen LogP contribution in [0.1, 0.15) is 51.0 Å². The van der Waals surface area contributed by atoms with Crippen LogP contribution in [0.5, 0.6) is 0 Å². The van der Waals surface area contributed by atoms with Gasteiger partial charge in [-0.15, -0.1) is 0 Å². The number of carbonyl (C=O) groups excluding carboxylic acids is 1. The molecule has 1 aromatic carbocycles. The fraction of sp³-hybridized carbons (Fsp3) is 0.654. The first-order valence-electron chi connectivity index (χ1n) is 12.3. The Morgan fingerprint density at radius 3 is 2.68 bits per heavy atom. The maximum absolute atomic E-state index is 12.8. The number of amides is 1. The summed E-state index contributed by atoms with van der Waals surface area (Å²) in [4.78, 5) is 19.8. The third-order valence-corrected chi connectivity index (χ3v) is 7.60. The summed E-state index contributed by atoms with van der Waals surface area (Å²) in [5, 5.41) is 1.39. The highest BCUT2D eigenvalue weighted by atomic mass is 16.2. The molecule has 0 spiro atoms. The van der Waals surface area contributed by atoms with Gasteiger partial charge in [-0.25, -0.2) is 0 Å². The Balaban J connectivity index is 1.29. The largest absolute Gasteiger partial charge is 0.347 e. The molecule has 2 aliphatic heterocycles. The monoisotopic (exact) mass is 424 g/mol. The zero-order chi connectivity index (χ0) is 21.8. The molecule has 5 heteroatoms. The van der Waals surface area contributed by atoms with Gasteiger partial charge in [0.1, 0.15) is 0 Å². The predicted molar refractivity (Wildman–Crippen MR) is 128 cm³/mol. The lowest BCUT2D eigenvalue weighted by Crippen LogP contribution is -2.44. The van der Waals surface area contributed by atoms with Gasteiger partial charge in [-0.1, -0.05) is 18.2 Å². The van der Waals surface area contributed by atoms with E-state index in [2.05, 4.69) is 58.8 Å². The third kappa shape index (κ3) is 5.32. The Kier molecular flexibility index (Phi) is 7.34. The maximum atomic E-state index is 12.8. The van der Waals surface area contributed by atoms with Crippen molar-refractivity contribution >= 4 is 16.8 Å². The third-order valence-electron chi connectivity index (χ3n) is 7.60. The molecular weight excluding hydrogens is 384 g/mol.